The summed E-state index contributed by atoms with van der Waals surface area (Å²) in [5.41, 5.74) is 8.64. The fourth-order valence-corrected chi connectivity index (χ4v) is 3.51. The highest BCUT2D eigenvalue weighted by Gasteiger charge is 2.35. The number of anilines is 1. The maximum Gasteiger partial charge on any atom is 0.240 e. The number of aryl methyl sites for hydroxylation is 1. The molecule has 1 unspecified atom stereocenters. The van der Waals surface area contributed by atoms with E-state index in [1.165, 1.54) is 6.42 Å². The topological polar surface area (TPSA) is 84.2 Å². The van der Waals surface area contributed by atoms with Crippen molar-refractivity contribution in [3.8, 4) is 0 Å². The SMILES string of the molecule is CC(NC(=O)C1(N)CCCCC1)c1ccc2c(c1)CCC(=O)N2.Cl. The van der Waals surface area contributed by atoms with Gasteiger partial charge in [-0.05, 0) is 43.4 Å². The van der Waals surface area contributed by atoms with Crippen molar-refractivity contribution in [1.29, 1.82) is 0 Å². The third-order valence-electron chi connectivity index (χ3n) is 5.07. The molecule has 1 aliphatic carbocycles. The monoisotopic (exact) mass is 351 g/mol. The largest absolute Gasteiger partial charge is 0.348 e. The van der Waals surface area contributed by atoms with Gasteiger partial charge in [0.05, 0.1) is 11.6 Å². The van der Waals surface area contributed by atoms with Gasteiger partial charge in [-0.3, -0.25) is 9.59 Å². The van der Waals surface area contributed by atoms with Gasteiger partial charge >= 0.3 is 0 Å². The van der Waals surface area contributed by atoms with Crippen molar-refractivity contribution < 1.29 is 9.59 Å². The number of hydrogen-bond acceptors (Lipinski definition) is 3. The van der Waals surface area contributed by atoms with Gasteiger partial charge in [0.25, 0.3) is 0 Å². The minimum absolute atomic E-state index is 0. The van der Waals surface area contributed by atoms with Gasteiger partial charge in [0.1, 0.15) is 0 Å². The Bertz CT molecular complexity index is 627. The van der Waals surface area contributed by atoms with Crippen molar-refractivity contribution in [2.24, 2.45) is 5.73 Å². The Labute approximate surface area is 149 Å². The minimum Gasteiger partial charge on any atom is -0.348 e. The predicted molar refractivity (Wildman–Crippen MR) is 97.2 cm³/mol. The maximum atomic E-state index is 12.5. The molecule has 0 radical (unpaired) electrons. The Morgan fingerprint density at radius 3 is 2.67 bits per heavy atom. The number of fused-ring (bicyclic) bond motifs is 1. The van der Waals surface area contributed by atoms with Crippen LogP contribution in [0.5, 0.6) is 0 Å². The second kappa shape index (κ2) is 7.53. The lowest BCUT2D eigenvalue weighted by Crippen LogP contribution is -2.55. The lowest BCUT2D eigenvalue weighted by atomic mass is 9.81. The Hall–Kier alpha value is -1.59. The summed E-state index contributed by atoms with van der Waals surface area (Å²) in [5, 5.41) is 5.95. The molecule has 132 valence electrons. The maximum absolute atomic E-state index is 12.5. The number of halogens is 1. The fraction of sp³-hybridized carbons (Fsp3) is 0.556. The summed E-state index contributed by atoms with van der Waals surface area (Å²) in [6.07, 6.45) is 6.01. The fourth-order valence-electron chi connectivity index (χ4n) is 3.51. The van der Waals surface area contributed by atoms with E-state index in [1.54, 1.807) is 0 Å². The molecule has 0 saturated heterocycles. The molecule has 4 N–H and O–H groups in total. The molecule has 1 aromatic carbocycles. The molecule has 0 bridgehead atoms. The first kappa shape index (κ1) is 18.7. The van der Waals surface area contributed by atoms with E-state index >= 15 is 0 Å². The Kier molecular flexibility index (Phi) is 5.88. The molecule has 1 aliphatic heterocycles. The standard InChI is InChI=1S/C18H25N3O2.ClH/c1-12(20-17(23)18(19)9-3-2-4-10-18)13-5-7-15-14(11-13)6-8-16(22)21-15;/h5,7,11-12H,2-4,6,8-10,19H2,1H3,(H,20,23)(H,21,22);1H. The number of nitrogens with one attached hydrogen (secondary N) is 2. The smallest absolute Gasteiger partial charge is 0.240 e. The van der Waals surface area contributed by atoms with Gasteiger partial charge in [-0.25, -0.2) is 0 Å². The van der Waals surface area contributed by atoms with Crippen molar-refractivity contribution in [2.45, 2.75) is 63.5 Å². The van der Waals surface area contributed by atoms with E-state index in [4.69, 9.17) is 5.73 Å². The summed E-state index contributed by atoms with van der Waals surface area (Å²) in [6, 6.07) is 5.86. The van der Waals surface area contributed by atoms with E-state index < -0.39 is 5.54 Å². The summed E-state index contributed by atoms with van der Waals surface area (Å²) >= 11 is 0. The van der Waals surface area contributed by atoms with Gasteiger partial charge in [0.2, 0.25) is 11.8 Å². The molecule has 24 heavy (non-hydrogen) atoms. The van der Waals surface area contributed by atoms with E-state index in [-0.39, 0.29) is 30.3 Å². The van der Waals surface area contributed by atoms with Crippen LogP contribution in [0.25, 0.3) is 0 Å². The molecule has 1 saturated carbocycles. The average Bonchev–Trinajstić information content (AvgIpc) is 2.55. The second-order valence-electron chi connectivity index (χ2n) is 6.88. The lowest BCUT2D eigenvalue weighted by Gasteiger charge is -2.33. The molecule has 0 aromatic heterocycles. The first-order valence-corrected chi connectivity index (χ1v) is 8.50. The van der Waals surface area contributed by atoms with Crippen LogP contribution in [-0.2, 0) is 16.0 Å². The molecule has 1 aromatic rings. The summed E-state index contributed by atoms with van der Waals surface area (Å²) in [7, 11) is 0. The van der Waals surface area contributed by atoms with Crippen LogP contribution in [0.1, 0.15) is 62.6 Å². The molecule has 0 spiro atoms. The first-order valence-electron chi connectivity index (χ1n) is 8.50. The van der Waals surface area contributed by atoms with Gasteiger partial charge in [0, 0.05) is 12.1 Å². The summed E-state index contributed by atoms with van der Waals surface area (Å²) in [5.74, 6) is 0.0182. The van der Waals surface area contributed by atoms with Gasteiger partial charge < -0.3 is 16.4 Å². The van der Waals surface area contributed by atoms with Crippen molar-refractivity contribution in [3.63, 3.8) is 0 Å². The summed E-state index contributed by atoms with van der Waals surface area (Å²) in [6.45, 7) is 1.98. The van der Waals surface area contributed by atoms with Crippen molar-refractivity contribution in [3.05, 3.63) is 29.3 Å². The normalized spacial score (nSPS) is 20.2. The van der Waals surface area contributed by atoms with E-state index in [0.29, 0.717) is 6.42 Å². The van der Waals surface area contributed by atoms with Crippen LogP contribution in [0.4, 0.5) is 5.69 Å². The number of amides is 2. The molecule has 2 aliphatic rings. The average molecular weight is 352 g/mol. The van der Waals surface area contributed by atoms with E-state index in [2.05, 4.69) is 16.7 Å². The molecule has 1 fully saturated rings. The van der Waals surface area contributed by atoms with Crippen LogP contribution in [0.2, 0.25) is 0 Å². The van der Waals surface area contributed by atoms with Gasteiger partial charge in [0.15, 0.2) is 0 Å². The van der Waals surface area contributed by atoms with Crippen molar-refractivity contribution in [2.75, 3.05) is 5.32 Å². The van der Waals surface area contributed by atoms with E-state index in [0.717, 1.165) is 48.9 Å². The van der Waals surface area contributed by atoms with E-state index in [1.807, 2.05) is 19.1 Å². The highest BCUT2D eigenvalue weighted by atomic mass is 35.5. The third-order valence-corrected chi connectivity index (χ3v) is 5.07. The summed E-state index contributed by atoms with van der Waals surface area (Å²) in [4.78, 5) is 24.0. The molecule has 1 heterocycles. The number of carbonyl (C=O) groups excluding carboxylic acids is 2. The number of rotatable bonds is 3. The summed E-state index contributed by atoms with van der Waals surface area (Å²) < 4.78 is 0. The molecule has 5 nitrogen and oxygen atoms in total. The molecule has 6 heteroatoms. The Morgan fingerprint density at radius 2 is 1.96 bits per heavy atom. The van der Waals surface area contributed by atoms with E-state index in [9.17, 15) is 9.59 Å². The van der Waals surface area contributed by atoms with Crippen molar-refractivity contribution in [1.82, 2.24) is 5.32 Å². The van der Waals surface area contributed by atoms with Gasteiger partial charge in [-0.2, -0.15) is 0 Å². The number of nitrogens with two attached hydrogens (primary N) is 1. The number of carbonyl (C=O) groups is 2. The lowest BCUT2D eigenvalue weighted by molar-refractivity contribution is -0.128. The highest BCUT2D eigenvalue weighted by molar-refractivity contribution is 5.94. The molecular formula is C18H26ClN3O2. The van der Waals surface area contributed by atoms with Crippen LogP contribution in [0.15, 0.2) is 18.2 Å². The van der Waals surface area contributed by atoms with Crippen LogP contribution in [0.3, 0.4) is 0 Å². The zero-order valence-electron chi connectivity index (χ0n) is 14.1. The van der Waals surface area contributed by atoms with Crippen LogP contribution in [0, 0.1) is 0 Å². The molecule has 1 atom stereocenters. The second-order valence-corrected chi connectivity index (χ2v) is 6.88. The zero-order valence-corrected chi connectivity index (χ0v) is 14.9. The van der Waals surface area contributed by atoms with Crippen LogP contribution < -0.4 is 16.4 Å². The Morgan fingerprint density at radius 1 is 1.25 bits per heavy atom. The molecule has 2 amide bonds. The zero-order chi connectivity index (χ0) is 16.4. The number of benzene rings is 1. The quantitative estimate of drug-likeness (QED) is 0.782. The van der Waals surface area contributed by atoms with Gasteiger partial charge in [-0.1, -0.05) is 31.4 Å². The van der Waals surface area contributed by atoms with Crippen molar-refractivity contribution >= 4 is 29.9 Å². The highest BCUT2D eigenvalue weighted by Crippen LogP contribution is 2.29. The predicted octanol–water partition coefficient (Wildman–Crippen LogP) is 2.83. The number of hydrogen-bond donors (Lipinski definition) is 3. The minimum atomic E-state index is -0.714. The van der Waals surface area contributed by atoms with Crippen LogP contribution in [-0.4, -0.2) is 17.4 Å². The first-order chi connectivity index (χ1) is 11.0. The molecular weight excluding hydrogens is 326 g/mol. The Balaban J connectivity index is 0.00000208. The van der Waals surface area contributed by atoms with Crippen LogP contribution >= 0.6 is 12.4 Å². The molecule has 3 rings (SSSR count). The third kappa shape index (κ3) is 3.90. The van der Waals surface area contributed by atoms with Gasteiger partial charge in [-0.15, -0.1) is 12.4 Å².